The number of benzene rings is 2. The van der Waals surface area contributed by atoms with Crippen LogP contribution in [0.1, 0.15) is 21.5 Å². The Labute approximate surface area is 125 Å². The normalized spacial score (nSPS) is 11.3. The van der Waals surface area contributed by atoms with Gasteiger partial charge in [0.1, 0.15) is 5.82 Å². The van der Waals surface area contributed by atoms with Crippen LogP contribution < -0.4 is 0 Å². The van der Waals surface area contributed by atoms with Crippen LogP contribution in [0.25, 0.3) is 0 Å². The lowest BCUT2D eigenvalue weighted by atomic mass is 10.1. The van der Waals surface area contributed by atoms with Crippen LogP contribution in [-0.2, 0) is 12.7 Å². The summed E-state index contributed by atoms with van der Waals surface area (Å²) in [6.07, 6.45) is -4.61. The highest BCUT2D eigenvalue weighted by Crippen LogP contribution is 2.32. The molecular weight excluding hydrogens is 298 g/mol. The molecule has 1 amide bonds. The van der Waals surface area contributed by atoms with Crippen LogP contribution in [0.5, 0.6) is 0 Å². The summed E-state index contributed by atoms with van der Waals surface area (Å²) in [6, 6.07) is 10.2. The molecule has 116 valence electrons. The van der Waals surface area contributed by atoms with Crippen molar-refractivity contribution < 1.29 is 22.4 Å². The van der Waals surface area contributed by atoms with Crippen molar-refractivity contribution in [3.05, 3.63) is 71.0 Å². The molecule has 2 aromatic rings. The first-order valence-electron chi connectivity index (χ1n) is 6.45. The van der Waals surface area contributed by atoms with Gasteiger partial charge in [-0.1, -0.05) is 24.3 Å². The van der Waals surface area contributed by atoms with Crippen LogP contribution in [0.2, 0.25) is 0 Å². The van der Waals surface area contributed by atoms with Gasteiger partial charge in [0.05, 0.1) is 11.1 Å². The van der Waals surface area contributed by atoms with Crippen molar-refractivity contribution >= 4 is 5.91 Å². The topological polar surface area (TPSA) is 20.3 Å². The molecule has 0 unspecified atom stereocenters. The van der Waals surface area contributed by atoms with E-state index in [0.29, 0.717) is 5.56 Å². The number of hydrogen-bond acceptors (Lipinski definition) is 1. The maximum Gasteiger partial charge on any atom is 0.417 e. The molecule has 0 spiro atoms. The van der Waals surface area contributed by atoms with Gasteiger partial charge >= 0.3 is 6.18 Å². The van der Waals surface area contributed by atoms with Gasteiger partial charge in [0.2, 0.25) is 0 Å². The number of carbonyl (C=O) groups excluding carboxylic acids is 1. The Bertz CT molecular complexity index is 682. The smallest absolute Gasteiger partial charge is 0.337 e. The molecule has 0 aliphatic rings. The van der Waals surface area contributed by atoms with Gasteiger partial charge < -0.3 is 4.90 Å². The Morgan fingerprint density at radius 1 is 1.09 bits per heavy atom. The molecule has 2 aromatic carbocycles. The highest BCUT2D eigenvalue weighted by Gasteiger charge is 2.35. The fourth-order valence-corrected chi connectivity index (χ4v) is 2.10. The van der Waals surface area contributed by atoms with E-state index >= 15 is 0 Å². The van der Waals surface area contributed by atoms with Crippen molar-refractivity contribution in [3.8, 4) is 0 Å². The summed E-state index contributed by atoms with van der Waals surface area (Å²) in [6.45, 7) is 0.0167. The summed E-state index contributed by atoms with van der Waals surface area (Å²) in [5.74, 6) is -1.23. The Balaban J connectivity index is 2.25. The molecule has 0 N–H and O–H groups in total. The predicted octanol–water partition coefficient (Wildman–Crippen LogP) is 4.12. The summed E-state index contributed by atoms with van der Waals surface area (Å²) >= 11 is 0. The van der Waals surface area contributed by atoms with Crippen LogP contribution in [0.4, 0.5) is 17.6 Å². The van der Waals surface area contributed by atoms with Gasteiger partial charge in [0, 0.05) is 13.6 Å². The molecule has 0 aromatic heterocycles. The molecule has 0 aliphatic heterocycles. The largest absolute Gasteiger partial charge is 0.417 e. The second-order valence-corrected chi connectivity index (χ2v) is 4.83. The fourth-order valence-electron chi connectivity index (χ4n) is 2.10. The molecule has 6 heteroatoms. The summed E-state index contributed by atoms with van der Waals surface area (Å²) < 4.78 is 51.9. The van der Waals surface area contributed by atoms with Gasteiger partial charge in [0.25, 0.3) is 5.91 Å². The van der Waals surface area contributed by atoms with Crippen molar-refractivity contribution in [2.75, 3.05) is 7.05 Å². The molecule has 0 atom stereocenters. The van der Waals surface area contributed by atoms with Crippen molar-refractivity contribution in [3.63, 3.8) is 0 Å². The molecule has 0 saturated heterocycles. The van der Waals surface area contributed by atoms with E-state index in [2.05, 4.69) is 0 Å². The molecular formula is C16H13F4NO. The SMILES string of the molecule is CN(Cc1cccc(F)c1)C(=O)c1ccccc1C(F)(F)F. The molecule has 0 aliphatic carbocycles. The highest BCUT2D eigenvalue weighted by molar-refractivity contribution is 5.95. The van der Waals surface area contributed by atoms with E-state index in [1.54, 1.807) is 6.07 Å². The van der Waals surface area contributed by atoms with Crippen LogP contribution >= 0.6 is 0 Å². The predicted molar refractivity (Wildman–Crippen MR) is 73.6 cm³/mol. The van der Waals surface area contributed by atoms with Crippen molar-refractivity contribution in [1.82, 2.24) is 4.90 Å². The van der Waals surface area contributed by atoms with E-state index in [4.69, 9.17) is 0 Å². The number of rotatable bonds is 3. The zero-order chi connectivity index (χ0) is 16.3. The monoisotopic (exact) mass is 311 g/mol. The highest BCUT2D eigenvalue weighted by atomic mass is 19.4. The summed E-state index contributed by atoms with van der Waals surface area (Å²) in [5, 5.41) is 0. The molecule has 0 radical (unpaired) electrons. The molecule has 0 bridgehead atoms. The second kappa shape index (κ2) is 6.17. The number of nitrogens with zero attached hydrogens (tertiary/aromatic N) is 1. The average molecular weight is 311 g/mol. The van der Waals surface area contributed by atoms with E-state index in [1.165, 1.54) is 37.4 Å². The second-order valence-electron chi connectivity index (χ2n) is 4.83. The molecule has 0 fully saturated rings. The summed E-state index contributed by atoms with van der Waals surface area (Å²) in [5.41, 5.74) is -0.902. The minimum Gasteiger partial charge on any atom is -0.337 e. The van der Waals surface area contributed by atoms with Crippen LogP contribution in [-0.4, -0.2) is 17.9 Å². The van der Waals surface area contributed by atoms with Gasteiger partial charge in [-0.3, -0.25) is 4.79 Å². The van der Waals surface area contributed by atoms with E-state index < -0.39 is 29.0 Å². The van der Waals surface area contributed by atoms with E-state index in [1.807, 2.05) is 0 Å². The Morgan fingerprint density at radius 2 is 1.77 bits per heavy atom. The number of alkyl halides is 3. The van der Waals surface area contributed by atoms with Gasteiger partial charge in [0.15, 0.2) is 0 Å². The van der Waals surface area contributed by atoms with E-state index in [-0.39, 0.29) is 6.54 Å². The first-order valence-corrected chi connectivity index (χ1v) is 6.45. The zero-order valence-corrected chi connectivity index (χ0v) is 11.7. The maximum atomic E-state index is 13.1. The standard InChI is InChI=1S/C16H13F4NO/c1-21(10-11-5-4-6-12(17)9-11)15(22)13-7-2-3-8-14(13)16(18,19)20/h2-9H,10H2,1H3. The molecule has 2 nitrogen and oxygen atoms in total. The van der Waals surface area contributed by atoms with Crippen LogP contribution in [0.15, 0.2) is 48.5 Å². The minimum absolute atomic E-state index is 0.0167. The average Bonchev–Trinajstić information content (AvgIpc) is 2.45. The Kier molecular flexibility index (Phi) is 4.49. The third-order valence-corrected chi connectivity index (χ3v) is 3.12. The van der Waals surface area contributed by atoms with Crippen LogP contribution in [0, 0.1) is 5.82 Å². The van der Waals surface area contributed by atoms with Crippen molar-refractivity contribution in [1.29, 1.82) is 0 Å². The maximum absolute atomic E-state index is 13.1. The van der Waals surface area contributed by atoms with Gasteiger partial charge in [-0.15, -0.1) is 0 Å². The van der Waals surface area contributed by atoms with Gasteiger partial charge in [-0.05, 0) is 29.8 Å². The van der Waals surface area contributed by atoms with Crippen molar-refractivity contribution in [2.24, 2.45) is 0 Å². The molecule has 22 heavy (non-hydrogen) atoms. The van der Waals surface area contributed by atoms with Crippen LogP contribution in [0.3, 0.4) is 0 Å². The fraction of sp³-hybridized carbons (Fsp3) is 0.188. The summed E-state index contributed by atoms with van der Waals surface area (Å²) in [7, 11) is 1.38. The number of amides is 1. The first-order chi connectivity index (χ1) is 10.3. The van der Waals surface area contributed by atoms with Gasteiger partial charge in [-0.2, -0.15) is 13.2 Å². The lowest BCUT2D eigenvalue weighted by Crippen LogP contribution is -2.28. The number of halogens is 4. The Hall–Kier alpha value is -2.37. The third kappa shape index (κ3) is 3.63. The minimum atomic E-state index is -4.61. The molecule has 2 rings (SSSR count). The number of hydrogen-bond donors (Lipinski definition) is 0. The van der Waals surface area contributed by atoms with E-state index in [0.717, 1.165) is 17.0 Å². The lowest BCUT2D eigenvalue weighted by molar-refractivity contribution is -0.138. The lowest BCUT2D eigenvalue weighted by Gasteiger charge is -2.20. The quantitative estimate of drug-likeness (QED) is 0.781. The summed E-state index contributed by atoms with van der Waals surface area (Å²) in [4.78, 5) is 13.4. The number of carbonyl (C=O) groups is 1. The Morgan fingerprint density at radius 3 is 2.41 bits per heavy atom. The van der Waals surface area contributed by atoms with E-state index in [9.17, 15) is 22.4 Å². The van der Waals surface area contributed by atoms with Gasteiger partial charge in [-0.25, -0.2) is 4.39 Å². The molecule has 0 heterocycles. The molecule has 0 saturated carbocycles. The zero-order valence-electron chi connectivity index (χ0n) is 11.7. The van der Waals surface area contributed by atoms with Crippen molar-refractivity contribution in [2.45, 2.75) is 12.7 Å². The first kappa shape index (κ1) is 16.0. The third-order valence-electron chi connectivity index (χ3n) is 3.12.